The van der Waals surface area contributed by atoms with Crippen LogP contribution in [-0.4, -0.2) is 32.6 Å². The van der Waals surface area contributed by atoms with Gasteiger partial charge in [-0.15, -0.1) is 0 Å². The number of carbonyl (C=O) groups excluding carboxylic acids is 1. The van der Waals surface area contributed by atoms with E-state index in [1.165, 1.54) is 43.5 Å². The van der Waals surface area contributed by atoms with E-state index in [2.05, 4.69) is 72.8 Å². The lowest BCUT2D eigenvalue weighted by Gasteiger charge is -2.19. The number of nitrogens with zero attached hydrogens (tertiary/aromatic N) is 1. The van der Waals surface area contributed by atoms with Crippen molar-refractivity contribution in [2.75, 3.05) is 0 Å². The van der Waals surface area contributed by atoms with Gasteiger partial charge in [-0.2, -0.15) is 0 Å². The van der Waals surface area contributed by atoms with E-state index in [0.717, 1.165) is 47.0 Å². The van der Waals surface area contributed by atoms with E-state index in [9.17, 15) is 4.79 Å². The van der Waals surface area contributed by atoms with Crippen molar-refractivity contribution in [3.8, 4) is 16.9 Å². The highest BCUT2D eigenvalue weighted by Crippen LogP contribution is 2.45. The Hall–Kier alpha value is -4.00. The van der Waals surface area contributed by atoms with Crippen molar-refractivity contribution in [1.29, 1.82) is 0 Å². The highest BCUT2D eigenvalue weighted by atomic mass is 16.6. The second-order valence-corrected chi connectivity index (χ2v) is 13.1. The lowest BCUT2D eigenvalue weighted by atomic mass is 9.92. The molecule has 3 aromatic carbocycles. The molecule has 0 amide bonds. The molecule has 6 nitrogen and oxygen atoms in total. The van der Waals surface area contributed by atoms with Gasteiger partial charge in [-0.1, -0.05) is 86.7 Å². The molecular formula is C41H53NO5. The highest BCUT2D eigenvalue weighted by molar-refractivity contribution is 5.99. The molecule has 0 bridgehead atoms. The molecule has 1 fully saturated rings. The minimum absolute atomic E-state index is 0.121. The van der Waals surface area contributed by atoms with E-state index in [1.54, 1.807) is 0 Å². The van der Waals surface area contributed by atoms with Gasteiger partial charge in [-0.25, -0.2) is 0 Å². The average Bonchev–Trinajstić information content (AvgIpc) is 3.87. The Morgan fingerprint density at radius 1 is 0.872 bits per heavy atom. The van der Waals surface area contributed by atoms with Crippen molar-refractivity contribution in [2.45, 2.75) is 111 Å². The number of unbranched alkanes of at least 4 members (excludes halogenated alkanes) is 2. The van der Waals surface area contributed by atoms with Crippen LogP contribution < -0.4 is 4.74 Å². The fraction of sp³-hybridized carbons (Fsp3) is 0.415. The van der Waals surface area contributed by atoms with Gasteiger partial charge in [0.15, 0.2) is 5.79 Å². The molecule has 252 valence electrons. The molecule has 1 saturated carbocycles. The third kappa shape index (κ3) is 13.3. The van der Waals surface area contributed by atoms with Crippen LogP contribution in [0.2, 0.25) is 0 Å². The van der Waals surface area contributed by atoms with E-state index < -0.39 is 11.4 Å². The zero-order valence-corrected chi connectivity index (χ0v) is 29.3. The Kier molecular flexibility index (Phi) is 14.2. The Morgan fingerprint density at radius 2 is 1.49 bits per heavy atom. The summed E-state index contributed by atoms with van der Waals surface area (Å²) < 4.78 is 11.5. The minimum atomic E-state index is -1.50. The number of para-hydroxylation sites is 1. The van der Waals surface area contributed by atoms with Gasteiger partial charge in [0.2, 0.25) is 0 Å². The molecule has 0 radical (unpaired) electrons. The maximum Gasteiger partial charge on any atom is 0.306 e. The van der Waals surface area contributed by atoms with Crippen molar-refractivity contribution in [1.82, 2.24) is 4.98 Å². The molecule has 0 spiro atoms. The molecule has 1 aliphatic rings. The summed E-state index contributed by atoms with van der Waals surface area (Å²) in [5.41, 5.74) is 6.57. The first-order valence-electron chi connectivity index (χ1n) is 16.9. The van der Waals surface area contributed by atoms with E-state index >= 15 is 0 Å². The molecule has 47 heavy (non-hydrogen) atoms. The summed E-state index contributed by atoms with van der Waals surface area (Å²) in [6, 6.07) is 27.1. The van der Waals surface area contributed by atoms with Crippen LogP contribution in [0.15, 0.2) is 84.9 Å². The number of aromatic nitrogens is 1. The smallest absolute Gasteiger partial charge is 0.306 e. The quantitative estimate of drug-likeness (QED) is 0.0965. The van der Waals surface area contributed by atoms with Gasteiger partial charge >= 0.3 is 5.97 Å². The SMILES string of the molecule is CC.CC(C)(C)OC(=O)CCCC/C=C/c1c(C2CC2)nc2ccccc2c1-c1ccc(OCc2ccccc2)cc1.CC(C)(O)O. The number of fused-ring (bicyclic) bond motifs is 1. The first-order chi connectivity index (χ1) is 22.4. The minimum Gasteiger partial charge on any atom is -0.489 e. The van der Waals surface area contributed by atoms with Crippen LogP contribution in [-0.2, 0) is 16.1 Å². The topological polar surface area (TPSA) is 88.9 Å². The summed E-state index contributed by atoms with van der Waals surface area (Å²) in [6.07, 6.45) is 10.0. The summed E-state index contributed by atoms with van der Waals surface area (Å²) in [7, 11) is 0. The molecule has 5 rings (SSSR count). The van der Waals surface area contributed by atoms with Crippen LogP contribution in [0.5, 0.6) is 5.75 Å². The van der Waals surface area contributed by atoms with E-state index in [1.807, 2.05) is 52.8 Å². The van der Waals surface area contributed by atoms with Gasteiger partial charge in [0.1, 0.15) is 18.0 Å². The first-order valence-corrected chi connectivity index (χ1v) is 16.9. The standard InChI is InChI=1S/C36H39NO3.C3H8O2.C2H6/c1-36(2,3)40-33(38)18-10-5-4-9-16-31-34(30-15-11-12-17-32(30)37-35(31)28-19-20-28)27-21-23-29(24-22-27)39-25-26-13-7-6-8-14-26;1-3(2,4)5;1-2/h6-9,11-17,21-24,28H,4-5,10,18-20,25H2,1-3H3;4-5H,1-2H3;1-2H3/b16-9+;;. The highest BCUT2D eigenvalue weighted by Gasteiger charge is 2.29. The van der Waals surface area contributed by atoms with E-state index in [4.69, 9.17) is 24.7 Å². The summed E-state index contributed by atoms with van der Waals surface area (Å²) in [5.74, 6) is -0.246. The Bertz CT molecular complexity index is 1550. The number of ether oxygens (including phenoxy) is 2. The van der Waals surface area contributed by atoms with Crippen molar-refractivity contribution >= 4 is 22.9 Å². The number of allylic oxidation sites excluding steroid dienone is 1. The fourth-order valence-electron chi connectivity index (χ4n) is 4.98. The van der Waals surface area contributed by atoms with Gasteiger partial charge < -0.3 is 19.7 Å². The monoisotopic (exact) mass is 639 g/mol. The maximum absolute atomic E-state index is 12.0. The fourth-order valence-corrected chi connectivity index (χ4v) is 4.98. The molecule has 4 aromatic rings. The lowest BCUT2D eigenvalue weighted by Crippen LogP contribution is -2.23. The molecule has 1 aromatic heterocycles. The number of hydrogen-bond acceptors (Lipinski definition) is 6. The van der Waals surface area contributed by atoms with Crippen LogP contribution >= 0.6 is 0 Å². The molecule has 0 saturated heterocycles. The normalized spacial score (nSPS) is 13.0. The first kappa shape index (κ1) is 37.5. The maximum atomic E-state index is 12.0. The number of hydrogen-bond donors (Lipinski definition) is 2. The van der Waals surface area contributed by atoms with Gasteiger partial charge in [0, 0.05) is 28.9 Å². The average molecular weight is 640 g/mol. The number of benzene rings is 3. The summed E-state index contributed by atoms with van der Waals surface area (Å²) in [4.78, 5) is 17.2. The molecule has 2 N–H and O–H groups in total. The third-order valence-corrected chi connectivity index (χ3v) is 7.02. The largest absolute Gasteiger partial charge is 0.489 e. The summed E-state index contributed by atoms with van der Waals surface area (Å²) >= 11 is 0. The lowest BCUT2D eigenvalue weighted by molar-refractivity contribution is -0.154. The third-order valence-electron chi connectivity index (χ3n) is 7.02. The molecule has 0 unspecified atom stereocenters. The summed E-state index contributed by atoms with van der Waals surface area (Å²) in [5, 5.41) is 17.3. The molecule has 1 heterocycles. The number of rotatable bonds is 11. The van der Waals surface area contributed by atoms with Crippen LogP contribution in [0.4, 0.5) is 0 Å². The number of esters is 1. The molecule has 0 atom stereocenters. The number of pyridine rings is 1. The van der Waals surface area contributed by atoms with Gasteiger partial charge in [-0.3, -0.25) is 9.78 Å². The van der Waals surface area contributed by atoms with Crippen molar-refractivity contribution in [3.05, 3.63) is 102 Å². The Labute approximate surface area is 281 Å². The Morgan fingerprint density at radius 3 is 2.11 bits per heavy atom. The Balaban J connectivity index is 0.000000784. The second-order valence-electron chi connectivity index (χ2n) is 13.1. The zero-order valence-electron chi connectivity index (χ0n) is 29.3. The van der Waals surface area contributed by atoms with Gasteiger partial charge in [0.25, 0.3) is 0 Å². The van der Waals surface area contributed by atoms with Crippen molar-refractivity contribution in [3.63, 3.8) is 0 Å². The van der Waals surface area contributed by atoms with Crippen LogP contribution in [0.3, 0.4) is 0 Å². The van der Waals surface area contributed by atoms with Crippen LogP contribution in [0, 0.1) is 0 Å². The van der Waals surface area contributed by atoms with Gasteiger partial charge in [-0.05, 0) is 96.0 Å². The molecular weight excluding hydrogens is 586 g/mol. The van der Waals surface area contributed by atoms with Gasteiger partial charge in [0.05, 0.1) is 11.2 Å². The number of aliphatic hydroxyl groups is 2. The molecule has 6 heteroatoms. The second kappa shape index (κ2) is 17.8. The zero-order chi connectivity index (χ0) is 34.5. The molecule has 1 aliphatic carbocycles. The van der Waals surface area contributed by atoms with Crippen molar-refractivity contribution in [2.24, 2.45) is 0 Å². The van der Waals surface area contributed by atoms with E-state index in [-0.39, 0.29) is 5.97 Å². The van der Waals surface area contributed by atoms with Crippen LogP contribution in [0.25, 0.3) is 28.1 Å². The predicted octanol–water partition coefficient (Wildman–Crippen LogP) is 10.0. The summed E-state index contributed by atoms with van der Waals surface area (Å²) in [6.45, 7) is 12.9. The van der Waals surface area contributed by atoms with Crippen molar-refractivity contribution < 1.29 is 24.5 Å². The number of carbonyl (C=O) groups is 1. The molecule has 0 aliphatic heterocycles. The van der Waals surface area contributed by atoms with E-state index in [0.29, 0.717) is 18.9 Å². The van der Waals surface area contributed by atoms with Crippen LogP contribution in [0.1, 0.15) is 110 Å². The predicted molar refractivity (Wildman–Crippen MR) is 193 cm³/mol.